The average molecular weight is 474 g/mol. The molecule has 1 aromatic heterocycles. The smallest absolute Gasteiger partial charge is 0.337 e. The molecular weight excluding hydrogens is 450 g/mol. The van der Waals surface area contributed by atoms with Gasteiger partial charge < -0.3 is 9.64 Å². The molecule has 0 unspecified atom stereocenters. The Morgan fingerprint density at radius 3 is 2.29 bits per heavy atom. The minimum atomic E-state index is -0.444. The number of carbonyl (C=O) groups is 2. The van der Waals surface area contributed by atoms with Gasteiger partial charge in [-0.2, -0.15) is 5.26 Å². The molecule has 0 atom stereocenters. The monoisotopic (exact) mass is 473 g/mol. The van der Waals surface area contributed by atoms with E-state index in [1.54, 1.807) is 47.4 Å². The van der Waals surface area contributed by atoms with Crippen LogP contribution in [0.1, 0.15) is 34.3 Å². The number of benzene rings is 2. The Labute approximate surface area is 200 Å². The number of ether oxygens (including phenoxy) is 1. The molecule has 1 amide bonds. The van der Waals surface area contributed by atoms with Crippen molar-refractivity contribution in [2.75, 3.05) is 20.2 Å². The van der Waals surface area contributed by atoms with Gasteiger partial charge in [-0.1, -0.05) is 29.8 Å². The molecule has 4 rings (SSSR count). The van der Waals surface area contributed by atoms with Gasteiger partial charge in [0.05, 0.1) is 22.9 Å². The highest BCUT2D eigenvalue weighted by molar-refractivity contribution is 7.07. The van der Waals surface area contributed by atoms with Crippen LogP contribution >= 0.6 is 11.3 Å². The average Bonchev–Trinajstić information content (AvgIpc) is 3.49. The Hall–Kier alpha value is -3.96. The van der Waals surface area contributed by atoms with E-state index in [-0.39, 0.29) is 17.0 Å². The summed E-state index contributed by atoms with van der Waals surface area (Å²) in [5.74, 6) is -0.795. The minimum absolute atomic E-state index is 0.0368. The van der Waals surface area contributed by atoms with Crippen molar-refractivity contribution >= 4 is 34.9 Å². The maximum atomic E-state index is 13.5. The van der Waals surface area contributed by atoms with Crippen molar-refractivity contribution in [3.8, 4) is 11.8 Å². The lowest BCUT2D eigenvalue weighted by Gasteiger charge is -2.14. The highest BCUT2D eigenvalue weighted by Gasteiger charge is 2.24. The quantitative estimate of drug-likeness (QED) is 0.542. The van der Waals surface area contributed by atoms with Crippen LogP contribution in [0.2, 0.25) is 0 Å². The summed E-state index contributed by atoms with van der Waals surface area (Å²) < 4.78 is 6.85. The Kier molecular flexibility index (Phi) is 6.75. The van der Waals surface area contributed by atoms with Crippen molar-refractivity contribution in [1.82, 2.24) is 9.47 Å². The van der Waals surface area contributed by atoms with Gasteiger partial charge in [-0.15, -0.1) is 11.3 Å². The summed E-state index contributed by atoms with van der Waals surface area (Å²) in [6.45, 7) is 3.16. The molecule has 0 saturated carbocycles. The van der Waals surface area contributed by atoms with Gasteiger partial charge in [0.2, 0.25) is 0 Å². The number of rotatable bonds is 4. The number of aromatic nitrogens is 1. The fraction of sp³-hybridized carbons (Fsp3) is 0.231. The van der Waals surface area contributed by atoms with Crippen LogP contribution in [0, 0.1) is 18.3 Å². The number of methoxy groups -OCH3 is 1. The van der Waals surface area contributed by atoms with E-state index in [0.29, 0.717) is 39.1 Å². The molecule has 1 saturated heterocycles. The van der Waals surface area contributed by atoms with Crippen LogP contribution in [0.3, 0.4) is 0 Å². The zero-order chi connectivity index (χ0) is 24.2. The van der Waals surface area contributed by atoms with Crippen LogP contribution in [0.5, 0.6) is 0 Å². The van der Waals surface area contributed by atoms with E-state index in [2.05, 4.69) is 6.07 Å². The summed E-state index contributed by atoms with van der Waals surface area (Å²) in [5.41, 5.74) is 2.37. The predicted octanol–water partition coefficient (Wildman–Crippen LogP) is 2.12. The molecule has 3 aromatic rings. The molecule has 1 fully saturated rings. The van der Waals surface area contributed by atoms with Gasteiger partial charge in [0.15, 0.2) is 5.57 Å². The number of carbonyl (C=O) groups excluding carboxylic acids is 2. The molecule has 2 heterocycles. The first kappa shape index (κ1) is 23.2. The van der Waals surface area contributed by atoms with Gasteiger partial charge in [0.1, 0.15) is 10.7 Å². The number of amides is 1. The van der Waals surface area contributed by atoms with Gasteiger partial charge in [0.25, 0.3) is 11.5 Å². The zero-order valence-corrected chi connectivity index (χ0v) is 19.7. The lowest BCUT2D eigenvalue weighted by atomic mass is 10.1. The van der Waals surface area contributed by atoms with E-state index in [1.807, 2.05) is 19.1 Å². The van der Waals surface area contributed by atoms with E-state index in [4.69, 9.17) is 4.74 Å². The zero-order valence-electron chi connectivity index (χ0n) is 18.9. The van der Waals surface area contributed by atoms with E-state index < -0.39 is 5.97 Å². The molecule has 172 valence electrons. The highest BCUT2D eigenvalue weighted by Crippen LogP contribution is 2.13. The second-order valence-corrected chi connectivity index (χ2v) is 9.02. The molecule has 0 N–H and O–H groups in total. The SMILES string of the molecule is COC(=O)c1ccc(/C=c2\s/c(=C(/C#N)C(=O)N3CCCC3)n(-c3ccc(C)cc3)c2=O)cc1. The van der Waals surface area contributed by atoms with Gasteiger partial charge >= 0.3 is 5.97 Å². The number of nitrogens with zero attached hydrogens (tertiary/aromatic N) is 3. The van der Waals surface area contributed by atoms with Crippen LogP contribution < -0.4 is 14.8 Å². The second kappa shape index (κ2) is 9.89. The third kappa shape index (κ3) is 4.56. The predicted molar refractivity (Wildman–Crippen MR) is 130 cm³/mol. The summed E-state index contributed by atoms with van der Waals surface area (Å²) in [6, 6.07) is 16.1. The molecule has 0 radical (unpaired) electrons. The van der Waals surface area contributed by atoms with Gasteiger partial charge in [-0.25, -0.2) is 4.79 Å². The summed E-state index contributed by atoms with van der Waals surface area (Å²) >= 11 is 1.11. The number of nitriles is 1. The number of esters is 1. The largest absolute Gasteiger partial charge is 0.465 e. The first-order chi connectivity index (χ1) is 16.4. The van der Waals surface area contributed by atoms with E-state index in [1.165, 1.54) is 11.7 Å². The fourth-order valence-corrected chi connectivity index (χ4v) is 4.92. The second-order valence-electron chi connectivity index (χ2n) is 7.99. The Morgan fingerprint density at radius 2 is 1.71 bits per heavy atom. The van der Waals surface area contributed by atoms with Crippen molar-refractivity contribution in [2.45, 2.75) is 19.8 Å². The first-order valence-corrected chi connectivity index (χ1v) is 11.7. The Bertz CT molecular complexity index is 1450. The number of thiazole rings is 1. The van der Waals surface area contributed by atoms with Crippen LogP contribution in [0.4, 0.5) is 0 Å². The van der Waals surface area contributed by atoms with Crippen molar-refractivity contribution < 1.29 is 14.3 Å². The number of hydrogen-bond donors (Lipinski definition) is 0. The molecule has 1 aliphatic rings. The normalized spacial score (nSPS) is 14.6. The van der Waals surface area contributed by atoms with Crippen LogP contribution in [0.25, 0.3) is 17.3 Å². The van der Waals surface area contributed by atoms with Gasteiger partial charge in [-0.05, 0) is 55.7 Å². The molecule has 1 aliphatic heterocycles. The van der Waals surface area contributed by atoms with E-state index in [9.17, 15) is 19.6 Å². The summed E-state index contributed by atoms with van der Waals surface area (Å²) in [6.07, 6.45) is 3.50. The number of aryl methyl sites for hydroxylation is 1. The lowest BCUT2D eigenvalue weighted by Crippen LogP contribution is -2.35. The number of hydrogen-bond acceptors (Lipinski definition) is 6. The maximum Gasteiger partial charge on any atom is 0.337 e. The summed E-state index contributed by atoms with van der Waals surface area (Å²) in [7, 11) is 1.32. The van der Waals surface area contributed by atoms with Crippen LogP contribution in [0.15, 0.2) is 53.3 Å². The topological polar surface area (TPSA) is 92.4 Å². The van der Waals surface area contributed by atoms with Crippen molar-refractivity contribution in [1.29, 1.82) is 5.26 Å². The third-order valence-electron chi connectivity index (χ3n) is 5.68. The highest BCUT2D eigenvalue weighted by atomic mass is 32.1. The first-order valence-electron chi connectivity index (χ1n) is 10.9. The molecular formula is C26H23N3O4S. The van der Waals surface area contributed by atoms with Crippen LogP contribution in [-0.4, -0.2) is 41.5 Å². The standard InChI is InChI=1S/C26H23N3O4S/c1-17-5-11-20(12-6-17)29-24(31)22(15-18-7-9-19(10-8-18)26(32)33-2)34-25(29)21(16-27)23(30)28-13-3-4-14-28/h5-12,15H,3-4,13-14H2,1-2H3/b22-15-,25-21-. The number of likely N-dealkylation sites (tertiary alicyclic amines) is 1. The maximum absolute atomic E-state index is 13.5. The van der Waals surface area contributed by atoms with Gasteiger partial charge in [0, 0.05) is 13.1 Å². The molecule has 2 aromatic carbocycles. The fourth-order valence-electron chi connectivity index (χ4n) is 3.83. The molecule has 34 heavy (non-hydrogen) atoms. The summed E-state index contributed by atoms with van der Waals surface area (Å²) in [5, 5.41) is 9.92. The van der Waals surface area contributed by atoms with Gasteiger partial charge in [-0.3, -0.25) is 14.2 Å². The van der Waals surface area contributed by atoms with Crippen molar-refractivity contribution in [2.24, 2.45) is 0 Å². The van der Waals surface area contributed by atoms with Crippen molar-refractivity contribution in [3.05, 3.63) is 84.8 Å². The molecule has 7 nitrogen and oxygen atoms in total. The van der Waals surface area contributed by atoms with Crippen LogP contribution in [-0.2, 0) is 9.53 Å². The van der Waals surface area contributed by atoms with E-state index >= 15 is 0 Å². The Balaban J connectivity index is 1.93. The molecule has 0 spiro atoms. The molecule has 0 bridgehead atoms. The van der Waals surface area contributed by atoms with Crippen molar-refractivity contribution in [3.63, 3.8) is 0 Å². The molecule has 8 heteroatoms. The lowest BCUT2D eigenvalue weighted by molar-refractivity contribution is -0.123. The van der Waals surface area contributed by atoms with E-state index in [0.717, 1.165) is 29.7 Å². The molecule has 0 aliphatic carbocycles. The summed E-state index contributed by atoms with van der Waals surface area (Å²) in [4.78, 5) is 40.0. The minimum Gasteiger partial charge on any atom is -0.465 e. The Morgan fingerprint density at radius 1 is 1.06 bits per heavy atom. The third-order valence-corrected chi connectivity index (χ3v) is 6.77.